The molecule has 21 heavy (non-hydrogen) atoms. The number of rotatable bonds is 7. The summed E-state index contributed by atoms with van der Waals surface area (Å²) in [6.07, 6.45) is 2.28. The second-order valence-electron chi connectivity index (χ2n) is 5.16. The van der Waals surface area contributed by atoms with Gasteiger partial charge in [-0.3, -0.25) is 0 Å². The van der Waals surface area contributed by atoms with Crippen molar-refractivity contribution in [3.05, 3.63) is 40.5 Å². The summed E-state index contributed by atoms with van der Waals surface area (Å²) >= 11 is 6.22. The van der Waals surface area contributed by atoms with Crippen LogP contribution in [0.1, 0.15) is 43.0 Å². The van der Waals surface area contributed by atoms with Gasteiger partial charge in [-0.1, -0.05) is 29.7 Å². The van der Waals surface area contributed by atoms with Crippen molar-refractivity contribution in [2.75, 3.05) is 6.54 Å². The van der Waals surface area contributed by atoms with Crippen LogP contribution in [-0.2, 0) is 13.2 Å². The Kier molecular flexibility index (Phi) is 4.41. The van der Waals surface area contributed by atoms with Crippen LogP contribution < -0.4 is 10.1 Å². The van der Waals surface area contributed by atoms with Crippen LogP contribution in [0.3, 0.4) is 0 Å². The molecule has 6 heteroatoms. The summed E-state index contributed by atoms with van der Waals surface area (Å²) in [5.41, 5.74) is 1.13. The molecule has 1 aromatic carbocycles. The average molecular weight is 308 g/mol. The number of ether oxygens (including phenoxy) is 1. The van der Waals surface area contributed by atoms with Gasteiger partial charge in [-0.25, -0.2) is 0 Å². The Morgan fingerprint density at radius 2 is 2.29 bits per heavy atom. The van der Waals surface area contributed by atoms with Gasteiger partial charge in [0.1, 0.15) is 5.75 Å². The molecule has 3 rings (SSSR count). The third-order valence-electron chi connectivity index (χ3n) is 3.34. The molecular weight excluding hydrogens is 290 g/mol. The number of nitrogens with zero attached hydrogens (tertiary/aromatic N) is 2. The predicted molar refractivity (Wildman–Crippen MR) is 79.4 cm³/mol. The van der Waals surface area contributed by atoms with Gasteiger partial charge in [0.2, 0.25) is 11.7 Å². The maximum atomic E-state index is 6.22. The summed E-state index contributed by atoms with van der Waals surface area (Å²) < 4.78 is 10.8. The quantitative estimate of drug-likeness (QED) is 0.850. The molecule has 0 saturated heterocycles. The molecule has 2 aromatic rings. The van der Waals surface area contributed by atoms with Crippen molar-refractivity contribution in [1.29, 1.82) is 0 Å². The van der Waals surface area contributed by atoms with Gasteiger partial charge < -0.3 is 14.6 Å². The molecule has 1 N–H and O–H groups in total. The van der Waals surface area contributed by atoms with Gasteiger partial charge in [0, 0.05) is 12.5 Å². The van der Waals surface area contributed by atoms with Crippen molar-refractivity contribution < 1.29 is 9.26 Å². The fraction of sp³-hybridized carbons (Fsp3) is 0.467. The van der Waals surface area contributed by atoms with E-state index in [1.54, 1.807) is 0 Å². The van der Waals surface area contributed by atoms with E-state index in [2.05, 4.69) is 22.4 Å². The molecule has 1 heterocycles. The maximum Gasteiger partial charge on any atom is 0.229 e. The summed E-state index contributed by atoms with van der Waals surface area (Å²) in [7, 11) is 0. The lowest BCUT2D eigenvalue weighted by atomic mass is 10.2. The average Bonchev–Trinajstić information content (AvgIpc) is 3.23. The minimum Gasteiger partial charge on any atom is -0.484 e. The van der Waals surface area contributed by atoms with Crippen LogP contribution in [0.4, 0.5) is 0 Å². The molecule has 112 valence electrons. The molecule has 0 aliphatic heterocycles. The summed E-state index contributed by atoms with van der Waals surface area (Å²) in [5.74, 6) is 2.38. The molecule has 0 bridgehead atoms. The first-order valence-electron chi connectivity index (χ1n) is 7.20. The van der Waals surface area contributed by atoms with Crippen molar-refractivity contribution in [3.63, 3.8) is 0 Å². The molecule has 1 saturated carbocycles. The van der Waals surface area contributed by atoms with E-state index >= 15 is 0 Å². The Bertz CT molecular complexity index is 611. The molecule has 1 aromatic heterocycles. The lowest BCUT2D eigenvalue weighted by molar-refractivity contribution is 0.285. The standard InChI is InChI=1S/C15H18ClN3O2/c1-2-17-8-10-3-6-13(12(16)7-10)20-9-14-18-15(21-19-14)11-4-5-11/h3,6-7,11,17H,2,4-5,8-9H2,1H3. The third-order valence-corrected chi connectivity index (χ3v) is 3.64. The number of aromatic nitrogens is 2. The van der Waals surface area contributed by atoms with Crippen molar-refractivity contribution in [2.45, 2.75) is 38.8 Å². The highest BCUT2D eigenvalue weighted by molar-refractivity contribution is 6.32. The van der Waals surface area contributed by atoms with Crippen molar-refractivity contribution in [2.24, 2.45) is 0 Å². The highest BCUT2D eigenvalue weighted by Crippen LogP contribution is 2.38. The van der Waals surface area contributed by atoms with Crippen LogP contribution in [0.5, 0.6) is 5.75 Å². The molecule has 0 spiro atoms. The van der Waals surface area contributed by atoms with Gasteiger partial charge in [0.15, 0.2) is 6.61 Å². The molecule has 1 aliphatic carbocycles. The number of nitrogens with one attached hydrogen (secondary N) is 1. The van der Waals surface area contributed by atoms with Gasteiger partial charge in [-0.05, 0) is 37.1 Å². The Morgan fingerprint density at radius 3 is 3.00 bits per heavy atom. The van der Waals surface area contributed by atoms with E-state index in [9.17, 15) is 0 Å². The minimum absolute atomic E-state index is 0.266. The van der Waals surface area contributed by atoms with E-state index in [1.165, 1.54) is 0 Å². The van der Waals surface area contributed by atoms with E-state index in [0.29, 0.717) is 22.5 Å². The number of hydrogen-bond donors (Lipinski definition) is 1. The first kappa shape index (κ1) is 14.4. The second-order valence-corrected chi connectivity index (χ2v) is 5.56. The topological polar surface area (TPSA) is 60.2 Å². The molecule has 0 atom stereocenters. The molecule has 5 nitrogen and oxygen atoms in total. The molecule has 0 radical (unpaired) electrons. The van der Waals surface area contributed by atoms with Crippen molar-refractivity contribution >= 4 is 11.6 Å². The molecule has 1 aliphatic rings. The SMILES string of the molecule is CCNCc1ccc(OCc2noc(C3CC3)n2)c(Cl)c1. The van der Waals surface area contributed by atoms with Crippen molar-refractivity contribution in [1.82, 2.24) is 15.5 Å². The van der Waals surface area contributed by atoms with Gasteiger partial charge in [0.05, 0.1) is 5.02 Å². The third kappa shape index (κ3) is 3.74. The first-order valence-corrected chi connectivity index (χ1v) is 7.58. The minimum atomic E-state index is 0.266. The van der Waals surface area contributed by atoms with E-state index < -0.39 is 0 Å². The molecule has 0 unspecified atom stereocenters. The second kappa shape index (κ2) is 6.45. The van der Waals surface area contributed by atoms with Crippen LogP contribution in [0.15, 0.2) is 22.7 Å². The lowest BCUT2D eigenvalue weighted by Crippen LogP contribution is -2.11. The van der Waals surface area contributed by atoms with Gasteiger partial charge in [-0.15, -0.1) is 0 Å². The van der Waals surface area contributed by atoms with Crippen LogP contribution >= 0.6 is 11.6 Å². The fourth-order valence-corrected chi connectivity index (χ4v) is 2.26. The van der Waals surface area contributed by atoms with Gasteiger partial charge in [-0.2, -0.15) is 4.98 Å². The highest BCUT2D eigenvalue weighted by Gasteiger charge is 2.29. The Labute approximate surface area is 128 Å². The summed E-state index contributed by atoms with van der Waals surface area (Å²) in [4.78, 5) is 4.32. The lowest BCUT2D eigenvalue weighted by Gasteiger charge is -2.08. The number of benzene rings is 1. The number of halogens is 1. The Hall–Kier alpha value is -1.59. The zero-order valence-corrected chi connectivity index (χ0v) is 12.7. The highest BCUT2D eigenvalue weighted by atomic mass is 35.5. The van der Waals surface area contributed by atoms with Crippen LogP contribution in [0.2, 0.25) is 5.02 Å². The van der Waals surface area contributed by atoms with E-state index in [-0.39, 0.29) is 6.61 Å². The first-order chi connectivity index (χ1) is 10.3. The van der Waals surface area contributed by atoms with Gasteiger partial charge in [0.25, 0.3) is 0 Å². The monoisotopic (exact) mass is 307 g/mol. The summed E-state index contributed by atoms with van der Waals surface area (Å²) in [6.45, 7) is 4.06. The normalized spacial score (nSPS) is 14.4. The molecular formula is C15H18ClN3O2. The summed E-state index contributed by atoms with van der Waals surface area (Å²) in [6, 6.07) is 5.78. The molecule has 1 fully saturated rings. The van der Waals surface area contributed by atoms with Crippen LogP contribution in [0, 0.1) is 0 Å². The maximum absolute atomic E-state index is 6.22. The Morgan fingerprint density at radius 1 is 1.43 bits per heavy atom. The smallest absolute Gasteiger partial charge is 0.229 e. The fourth-order valence-electron chi connectivity index (χ4n) is 2.01. The van der Waals surface area contributed by atoms with E-state index in [0.717, 1.165) is 37.4 Å². The number of hydrogen-bond acceptors (Lipinski definition) is 5. The zero-order valence-electron chi connectivity index (χ0n) is 11.9. The van der Waals surface area contributed by atoms with Crippen LogP contribution in [-0.4, -0.2) is 16.7 Å². The molecule has 0 amide bonds. The largest absolute Gasteiger partial charge is 0.484 e. The summed E-state index contributed by atoms with van der Waals surface area (Å²) in [5, 5.41) is 7.77. The van der Waals surface area contributed by atoms with E-state index in [4.69, 9.17) is 20.9 Å². The van der Waals surface area contributed by atoms with Crippen molar-refractivity contribution in [3.8, 4) is 5.75 Å². The van der Waals surface area contributed by atoms with Crippen LogP contribution in [0.25, 0.3) is 0 Å². The van der Waals surface area contributed by atoms with Gasteiger partial charge >= 0.3 is 0 Å². The predicted octanol–water partition coefficient (Wildman–Crippen LogP) is 3.29. The Balaban J connectivity index is 1.58. The van der Waals surface area contributed by atoms with E-state index in [1.807, 2.05) is 18.2 Å². The zero-order chi connectivity index (χ0) is 14.7.